The van der Waals surface area contributed by atoms with E-state index in [1.54, 1.807) is 7.11 Å². The van der Waals surface area contributed by atoms with E-state index in [1.165, 1.54) is 11.1 Å². The number of rotatable bonds is 8. The maximum Gasteiger partial charge on any atom is 0.127 e. The number of hydrogen-bond donors (Lipinski definition) is 1. The van der Waals surface area contributed by atoms with Crippen LogP contribution in [0.15, 0.2) is 42.5 Å². The molecule has 0 heterocycles. The van der Waals surface area contributed by atoms with E-state index in [1.807, 2.05) is 12.1 Å². The van der Waals surface area contributed by atoms with Crippen LogP contribution in [0.5, 0.6) is 11.5 Å². The molecule has 25 heavy (non-hydrogen) atoms. The molecular weight excluding hydrogens is 349 g/mol. The number of ether oxygens (including phenoxy) is 2. The van der Waals surface area contributed by atoms with Gasteiger partial charge in [-0.05, 0) is 39.5 Å². The SMILES string of the molecule is C.CCCNCc1ccc(OCc2ccc(C)cc2)cc1OC.P=S. The van der Waals surface area contributed by atoms with E-state index in [9.17, 15) is 0 Å². The van der Waals surface area contributed by atoms with Gasteiger partial charge in [0.15, 0.2) is 0 Å². The molecule has 0 aliphatic rings. The summed E-state index contributed by atoms with van der Waals surface area (Å²) in [7, 11) is 4.25. The Morgan fingerprint density at radius 2 is 1.76 bits per heavy atom. The molecular formula is C20H30NO2PS. The Bertz CT molecular complexity index is 605. The van der Waals surface area contributed by atoms with Crippen LogP contribution in [-0.4, -0.2) is 13.7 Å². The zero-order valence-corrected chi connectivity index (χ0v) is 16.4. The summed E-state index contributed by atoms with van der Waals surface area (Å²) in [5.41, 5.74) is 3.58. The van der Waals surface area contributed by atoms with Crippen LogP contribution in [0.3, 0.4) is 0 Å². The first-order valence-electron chi connectivity index (χ1n) is 7.99. The highest BCUT2D eigenvalue weighted by atomic mass is 32.4. The molecule has 3 nitrogen and oxygen atoms in total. The highest BCUT2D eigenvalue weighted by molar-refractivity contribution is 7.88. The van der Waals surface area contributed by atoms with Crippen molar-refractivity contribution in [2.24, 2.45) is 0 Å². The van der Waals surface area contributed by atoms with Gasteiger partial charge in [-0.2, -0.15) is 0 Å². The summed E-state index contributed by atoms with van der Waals surface area (Å²) in [5, 5.41) is 3.39. The second kappa shape index (κ2) is 13.8. The van der Waals surface area contributed by atoms with Gasteiger partial charge in [0.2, 0.25) is 0 Å². The Hall–Kier alpha value is -1.48. The molecule has 0 unspecified atom stereocenters. The lowest BCUT2D eigenvalue weighted by Crippen LogP contribution is -2.14. The van der Waals surface area contributed by atoms with Crippen LogP contribution in [0.4, 0.5) is 0 Å². The fourth-order valence-corrected chi connectivity index (χ4v) is 2.21. The Kier molecular flexibility index (Phi) is 13.0. The first-order chi connectivity index (χ1) is 11.7. The van der Waals surface area contributed by atoms with Gasteiger partial charge in [0.25, 0.3) is 0 Å². The van der Waals surface area contributed by atoms with Crippen molar-refractivity contribution in [2.75, 3.05) is 13.7 Å². The number of aryl methyl sites for hydroxylation is 1. The van der Waals surface area contributed by atoms with Crippen molar-refractivity contribution in [1.82, 2.24) is 5.32 Å². The first-order valence-corrected chi connectivity index (χ1v) is 9.62. The molecule has 5 heteroatoms. The van der Waals surface area contributed by atoms with E-state index in [4.69, 9.17) is 9.47 Å². The van der Waals surface area contributed by atoms with E-state index in [2.05, 4.69) is 69.3 Å². The second-order valence-corrected chi connectivity index (χ2v) is 5.42. The molecule has 0 saturated heterocycles. The standard InChI is InChI=1S/C19H25NO2.CH4.HPS/c1-4-11-20-13-17-9-10-18(12-19(17)21-3)22-14-16-7-5-15(2)6-8-16;;1-2/h5-10,12,20H,4,11,13-14H2,1-3H3;1H4;1H. The lowest BCUT2D eigenvalue weighted by atomic mass is 10.1. The summed E-state index contributed by atoms with van der Waals surface area (Å²) >= 11 is 3.89. The molecule has 0 saturated carbocycles. The van der Waals surface area contributed by atoms with Crippen LogP contribution in [0, 0.1) is 6.92 Å². The van der Waals surface area contributed by atoms with Crippen LogP contribution in [0.25, 0.3) is 0 Å². The van der Waals surface area contributed by atoms with Gasteiger partial charge in [-0.1, -0.05) is 62.1 Å². The first kappa shape index (κ1) is 23.5. The molecule has 0 amide bonds. The summed E-state index contributed by atoms with van der Waals surface area (Å²) in [6, 6.07) is 14.4. The van der Waals surface area contributed by atoms with Crippen LogP contribution in [-0.2, 0) is 25.0 Å². The molecule has 138 valence electrons. The smallest absolute Gasteiger partial charge is 0.127 e. The summed E-state index contributed by atoms with van der Waals surface area (Å²) < 4.78 is 11.3. The zero-order valence-electron chi connectivity index (χ0n) is 14.6. The van der Waals surface area contributed by atoms with Gasteiger partial charge in [0, 0.05) is 18.2 Å². The van der Waals surface area contributed by atoms with Gasteiger partial charge < -0.3 is 14.8 Å². The van der Waals surface area contributed by atoms with E-state index >= 15 is 0 Å². The van der Waals surface area contributed by atoms with Gasteiger partial charge in [0.1, 0.15) is 18.1 Å². The van der Waals surface area contributed by atoms with Crippen LogP contribution in [0.1, 0.15) is 37.5 Å². The monoisotopic (exact) mass is 379 g/mol. The Morgan fingerprint density at radius 1 is 1.08 bits per heavy atom. The van der Waals surface area contributed by atoms with Crippen molar-refractivity contribution in [3.63, 3.8) is 0 Å². The van der Waals surface area contributed by atoms with Crippen molar-refractivity contribution < 1.29 is 9.47 Å². The minimum absolute atomic E-state index is 0. The molecule has 0 bridgehead atoms. The molecule has 2 aromatic carbocycles. The van der Waals surface area contributed by atoms with Crippen molar-refractivity contribution >= 4 is 19.8 Å². The highest BCUT2D eigenvalue weighted by Crippen LogP contribution is 2.25. The Balaban J connectivity index is 0.00000185. The molecule has 0 aliphatic heterocycles. The predicted octanol–water partition coefficient (Wildman–Crippen LogP) is 5.31. The minimum Gasteiger partial charge on any atom is -0.496 e. The average Bonchev–Trinajstić information content (AvgIpc) is 2.64. The fourth-order valence-electron chi connectivity index (χ4n) is 2.21. The van der Waals surface area contributed by atoms with Crippen LogP contribution >= 0.6 is 8.02 Å². The van der Waals surface area contributed by atoms with Gasteiger partial charge in [-0.15, -0.1) is 0 Å². The van der Waals surface area contributed by atoms with Crippen molar-refractivity contribution in [2.45, 2.75) is 40.8 Å². The van der Waals surface area contributed by atoms with Crippen molar-refractivity contribution in [1.29, 1.82) is 0 Å². The van der Waals surface area contributed by atoms with Gasteiger partial charge in [-0.25, -0.2) is 0 Å². The van der Waals surface area contributed by atoms with E-state index in [-0.39, 0.29) is 7.43 Å². The fraction of sp³-hybridized carbons (Fsp3) is 0.400. The van der Waals surface area contributed by atoms with E-state index in [0.717, 1.165) is 36.6 Å². The van der Waals surface area contributed by atoms with E-state index in [0.29, 0.717) is 6.61 Å². The third-order valence-electron chi connectivity index (χ3n) is 3.53. The average molecular weight is 380 g/mol. The lowest BCUT2D eigenvalue weighted by molar-refractivity contribution is 0.303. The summed E-state index contributed by atoms with van der Waals surface area (Å²) in [6.45, 7) is 6.63. The third-order valence-corrected chi connectivity index (χ3v) is 3.53. The van der Waals surface area contributed by atoms with Crippen LogP contribution < -0.4 is 14.8 Å². The van der Waals surface area contributed by atoms with Crippen molar-refractivity contribution in [3.05, 3.63) is 59.2 Å². The molecule has 0 fully saturated rings. The molecule has 0 aromatic heterocycles. The lowest BCUT2D eigenvalue weighted by Gasteiger charge is -2.12. The number of hydrogen-bond acceptors (Lipinski definition) is 4. The predicted molar refractivity (Wildman–Crippen MR) is 113 cm³/mol. The number of benzene rings is 2. The molecule has 2 rings (SSSR count). The van der Waals surface area contributed by atoms with Gasteiger partial charge in [0.05, 0.1) is 7.11 Å². The second-order valence-electron chi connectivity index (χ2n) is 5.42. The molecule has 1 N–H and O–H groups in total. The van der Waals surface area contributed by atoms with Gasteiger partial charge >= 0.3 is 0 Å². The van der Waals surface area contributed by atoms with Crippen LogP contribution in [0.2, 0.25) is 0 Å². The summed E-state index contributed by atoms with van der Waals surface area (Å²) in [6.07, 6.45) is 1.13. The molecule has 0 radical (unpaired) electrons. The maximum absolute atomic E-state index is 5.85. The molecule has 0 spiro atoms. The largest absolute Gasteiger partial charge is 0.496 e. The molecule has 0 atom stereocenters. The summed E-state index contributed by atoms with van der Waals surface area (Å²) in [4.78, 5) is 0. The zero-order chi connectivity index (χ0) is 17.8. The Morgan fingerprint density at radius 3 is 2.36 bits per heavy atom. The topological polar surface area (TPSA) is 30.5 Å². The maximum atomic E-state index is 5.85. The minimum atomic E-state index is 0. The third kappa shape index (κ3) is 8.44. The quantitative estimate of drug-likeness (QED) is 0.497. The number of methoxy groups -OCH3 is 1. The Labute approximate surface area is 160 Å². The number of nitrogens with one attached hydrogen (secondary N) is 1. The van der Waals surface area contributed by atoms with E-state index < -0.39 is 0 Å². The molecule has 0 aliphatic carbocycles. The molecule has 2 aromatic rings. The summed E-state index contributed by atoms with van der Waals surface area (Å²) in [5.74, 6) is 1.70. The highest BCUT2D eigenvalue weighted by Gasteiger charge is 2.05. The van der Waals surface area contributed by atoms with Gasteiger partial charge in [-0.3, -0.25) is 0 Å². The normalized spacial score (nSPS) is 9.40. The van der Waals surface area contributed by atoms with Crippen molar-refractivity contribution in [3.8, 4) is 11.5 Å².